The number of carbonyl (C=O) groups excluding carboxylic acids is 3. The average Bonchev–Trinajstić information content (AvgIpc) is 2.38. The molecule has 19 heavy (non-hydrogen) atoms. The highest BCUT2D eigenvalue weighted by molar-refractivity contribution is 6.06. The highest BCUT2D eigenvalue weighted by Gasteiger charge is 2.35. The molecule has 0 N–H and O–H groups in total. The van der Waals surface area contributed by atoms with Crippen molar-refractivity contribution < 1.29 is 19.1 Å². The maximum atomic E-state index is 12.2. The van der Waals surface area contributed by atoms with Crippen molar-refractivity contribution in [1.29, 1.82) is 0 Å². The second kappa shape index (κ2) is 6.83. The van der Waals surface area contributed by atoms with Crippen molar-refractivity contribution in [2.45, 2.75) is 20.8 Å². The third-order valence-electron chi connectivity index (χ3n) is 2.95. The molecule has 0 spiro atoms. The van der Waals surface area contributed by atoms with Gasteiger partial charge < -0.3 is 4.74 Å². The van der Waals surface area contributed by atoms with Crippen LogP contribution < -0.4 is 0 Å². The zero-order valence-electron chi connectivity index (χ0n) is 11.4. The van der Waals surface area contributed by atoms with Gasteiger partial charge in [0.1, 0.15) is 11.7 Å². The fourth-order valence-electron chi connectivity index (χ4n) is 1.97. The molecule has 1 aromatic rings. The Morgan fingerprint density at radius 1 is 1.16 bits per heavy atom. The van der Waals surface area contributed by atoms with Crippen LogP contribution in [0.2, 0.25) is 0 Å². The molecule has 0 aliphatic heterocycles. The van der Waals surface area contributed by atoms with Gasteiger partial charge in [-0.2, -0.15) is 0 Å². The van der Waals surface area contributed by atoms with Gasteiger partial charge in [-0.05, 0) is 13.8 Å². The van der Waals surface area contributed by atoms with Crippen LogP contribution in [0.5, 0.6) is 0 Å². The van der Waals surface area contributed by atoms with Gasteiger partial charge >= 0.3 is 5.97 Å². The second-order valence-electron chi connectivity index (χ2n) is 4.36. The van der Waals surface area contributed by atoms with Crippen molar-refractivity contribution in [2.24, 2.45) is 11.8 Å². The SMILES string of the molecule is CCOC(=O)C(C(C)=O)C(C)C(=O)c1ccccc1. The number of ketones is 2. The fourth-order valence-corrected chi connectivity index (χ4v) is 1.97. The van der Waals surface area contributed by atoms with Crippen LogP contribution in [0.25, 0.3) is 0 Å². The van der Waals surface area contributed by atoms with Crippen LogP contribution in [-0.4, -0.2) is 24.1 Å². The number of hydrogen-bond acceptors (Lipinski definition) is 4. The maximum absolute atomic E-state index is 12.2. The topological polar surface area (TPSA) is 60.4 Å². The van der Waals surface area contributed by atoms with Crippen LogP contribution in [0.3, 0.4) is 0 Å². The standard InChI is InChI=1S/C15H18O4/c1-4-19-15(18)13(11(3)16)10(2)14(17)12-8-6-5-7-9-12/h5-10,13H,4H2,1-3H3. The van der Waals surface area contributed by atoms with Crippen LogP contribution in [0.15, 0.2) is 30.3 Å². The molecule has 0 aliphatic carbocycles. The van der Waals surface area contributed by atoms with Crippen molar-refractivity contribution in [3.05, 3.63) is 35.9 Å². The van der Waals surface area contributed by atoms with E-state index in [0.29, 0.717) is 5.56 Å². The molecule has 0 aliphatic rings. The average molecular weight is 262 g/mol. The number of Topliss-reactive ketones (excluding diaryl/α,β-unsaturated/α-hetero) is 2. The largest absolute Gasteiger partial charge is 0.465 e. The first-order valence-corrected chi connectivity index (χ1v) is 6.25. The molecule has 0 saturated carbocycles. The first-order chi connectivity index (χ1) is 8.99. The third kappa shape index (κ3) is 3.74. The van der Waals surface area contributed by atoms with E-state index in [9.17, 15) is 14.4 Å². The molecule has 4 nitrogen and oxygen atoms in total. The minimum absolute atomic E-state index is 0.189. The van der Waals surface area contributed by atoms with Crippen molar-refractivity contribution in [3.8, 4) is 0 Å². The van der Waals surface area contributed by atoms with Gasteiger partial charge in [0.05, 0.1) is 6.61 Å². The van der Waals surface area contributed by atoms with Gasteiger partial charge in [-0.15, -0.1) is 0 Å². The summed E-state index contributed by atoms with van der Waals surface area (Å²) in [6, 6.07) is 8.62. The second-order valence-corrected chi connectivity index (χ2v) is 4.36. The van der Waals surface area contributed by atoms with Crippen molar-refractivity contribution in [3.63, 3.8) is 0 Å². The first-order valence-electron chi connectivity index (χ1n) is 6.25. The third-order valence-corrected chi connectivity index (χ3v) is 2.95. The zero-order chi connectivity index (χ0) is 14.4. The summed E-state index contributed by atoms with van der Waals surface area (Å²) < 4.78 is 4.86. The Kier molecular flexibility index (Phi) is 5.42. The molecule has 102 valence electrons. The highest BCUT2D eigenvalue weighted by atomic mass is 16.5. The summed E-state index contributed by atoms with van der Waals surface area (Å²) in [5.74, 6) is -2.97. The lowest BCUT2D eigenvalue weighted by atomic mass is 9.85. The van der Waals surface area contributed by atoms with Gasteiger partial charge in [-0.25, -0.2) is 0 Å². The summed E-state index contributed by atoms with van der Waals surface area (Å²) >= 11 is 0. The smallest absolute Gasteiger partial charge is 0.317 e. The van der Waals surface area contributed by atoms with Gasteiger partial charge in [0, 0.05) is 11.5 Å². The molecule has 1 rings (SSSR count). The summed E-state index contributed by atoms with van der Waals surface area (Å²) in [5.41, 5.74) is 0.491. The Morgan fingerprint density at radius 2 is 1.74 bits per heavy atom. The van der Waals surface area contributed by atoms with Gasteiger partial charge in [-0.1, -0.05) is 37.3 Å². The lowest BCUT2D eigenvalue weighted by Crippen LogP contribution is -2.34. The van der Waals surface area contributed by atoms with Gasteiger partial charge in [0.25, 0.3) is 0 Å². The van der Waals surface area contributed by atoms with E-state index in [-0.39, 0.29) is 18.2 Å². The molecular weight excluding hydrogens is 244 g/mol. The number of hydrogen-bond donors (Lipinski definition) is 0. The molecular formula is C15H18O4. The Hall–Kier alpha value is -1.97. The van der Waals surface area contributed by atoms with E-state index in [1.807, 2.05) is 0 Å². The van der Waals surface area contributed by atoms with E-state index >= 15 is 0 Å². The fraction of sp³-hybridized carbons (Fsp3) is 0.400. The number of benzene rings is 1. The summed E-state index contributed by atoms with van der Waals surface area (Å²) in [4.78, 5) is 35.6. The zero-order valence-corrected chi connectivity index (χ0v) is 11.4. The number of esters is 1. The molecule has 0 aromatic heterocycles. The van der Waals surface area contributed by atoms with Crippen molar-refractivity contribution in [2.75, 3.05) is 6.61 Å². The minimum Gasteiger partial charge on any atom is -0.465 e. The number of rotatable bonds is 6. The van der Waals surface area contributed by atoms with Gasteiger partial charge in [-0.3, -0.25) is 14.4 Å². The molecule has 0 radical (unpaired) electrons. The molecule has 2 unspecified atom stereocenters. The predicted octanol–water partition coefficient (Wildman–Crippen LogP) is 2.27. The van der Waals surface area contributed by atoms with E-state index in [1.54, 1.807) is 44.2 Å². The number of ether oxygens (including phenoxy) is 1. The summed E-state index contributed by atoms with van der Waals surface area (Å²) in [6.45, 7) is 4.74. The van der Waals surface area contributed by atoms with Crippen molar-refractivity contribution >= 4 is 17.5 Å². The monoisotopic (exact) mass is 262 g/mol. The molecule has 0 fully saturated rings. The maximum Gasteiger partial charge on any atom is 0.317 e. The summed E-state index contributed by atoms with van der Waals surface area (Å²) in [6.07, 6.45) is 0. The van der Waals surface area contributed by atoms with Crippen LogP contribution in [0.1, 0.15) is 31.1 Å². The Balaban J connectivity index is 2.94. The molecule has 0 amide bonds. The number of carbonyl (C=O) groups is 3. The Labute approximate surface area is 112 Å². The van der Waals surface area contributed by atoms with E-state index < -0.39 is 17.8 Å². The van der Waals surface area contributed by atoms with Crippen molar-refractivity contribution in [1.82, 2.24) is 0 Å². The lowest BCUT2D eigenvalue weighted by Gasteiger charge is -2.18. The molecule has 0 bridgehead atoms. The van der Waals surface area contributed by atoms with E-state index in [0.717, 1.165) is 0 Å². The van der Waals surface area contributed by atoms with Crippen LogP contribution in [0.4, 0.5) is 0 Å². The van der Waals surface area contributed by atoms with Gasteiger partial charge in [0.2, 0.25) is 0 Å². The molecule has 1 aromatic carbocycles. The van der Waals surface area contributed by atoms with E-state index in [1.165, 1.54) is 6.92 Å². The Morgan fingerprint density at radius 3 is 2.21 bits per heavy atom. The van der Waals surface area contributed by atoms with E-state index in [2.05, 4.69) is 0 Å². The quantitative estimate of drug-likeness (QED) is 0.448. The normalized spacial score (nSPS) is 13.4. The molecule has 0 heterocycles. The first kappa shape index (κ1) is 15.1. The summed E-state index contributed by atoms with van der Waals surface area (Å²) in [7, 11) is 0. The lowest BCUT2D eigenvalue weighted by molar-refractivity contribution is -0.152. The predicted molar refractivity (Wildman–Crippen MR) is 70.7 cm³/mol. The highest BCUT2D eigenvalue weighted by Crippen LogP contribution is 2.20. The summed E-state index contributed by atoms with van der Waals surface area (Å²) in [5, 5.41) is 0. The van der Waals surface area contributed by atoms with Crippen LogP contribution in [0, 0.1) is 11.8 Å². The Bertz CT molecular complexity index is 464. The van der Waals surface area contributed by atoms with Gasteiger partial charge in [0.15, 0.2) is 5.78 Å². The molecule has 2 atom stereocenters. The molecule has 0 saturated heterocycles. The minimum atomic E-state index is -1.03. The van der Waals surface area contributed by atoms with Crippen LogP contribution >= 0.6 is 0 Å². The molecule has 4 heteroatoms. The van der Waals surface area contributed by atoms with Crippen LogP contribution in [-0.2, 0) is 14.3 Å². The van der Waals surface area contributed by atoms with E-state index in [4.69, 9.17) is 4.74 Å².